The molecule has 1 aliphatic heterocycles. The Bertz CT molecular complexity index is 795. The van der Waals surface area contributed by atoms with Crippen molar-refractivity contribution in [2.75, 3.05) is 19.4 Å². The van der Waals surface area contributed by atoms with Gasteiger partial charge in [-0.25, -0.2) is 0 Å². The van der Waals surface area contributed by atoms with E-state index in [9.17, 15) is 0 Å². The van der Waals surface area contributed by atoms with E-state index in [0.29, 0.717) is 16.1 Å². The molecule has 2 aromatic rings. The second-order valence-electron chi connectivity index (χ2n) is 6.50. The predicted molar refractivity (Wildman–Crippen MR) is 118 cm³/mol. The second kappa shape index (κ2) is 9.72. The standard InChI is InChI=1S/C21H24Cl2N2OS/c1-3-18-14-27-21(24-11-10-15-4-8-19(26-2)9-5-15)25(18)13-16-6-7-17(22)12-20(16)23/h4-9,12,18H,3,10-11,13-14H2,1-2H3/t18-/m0/s1. The third-order valence-electron chi connectivity index (χ3n) is 4.72. The summed E-state index contributed by atoms with van der Waals surface area (Å²) in [5.74, 6) is 1.96. The molecule has 1 saturated heterocycles. The molecule has 0 N–H and O–H groups in total. The van der Waals surface area contributed by atoms with Crippen molar-refractivity contribution in [1.29, 1.82) is 0 Å². The van der Waals surface area contributed by atoms with Crippen LogP contribution in [0.1, 0.15) is 24.5 Å². The molecular formula is C21H24Cl2N2OS. The number of hydrogen-bond donors (Lipinski definition) is 0. The number of ether oxygens (including phenoxy) is 1. The average Bonchev–Trinajstić information content (AvgIpc) is 3.06. The van der Waals surface area contributed by atoms with Crippen molar-refractivity contribution in [3.63, 3.8) is 0 Å². The van der Waals surface area contributed by atoms with E-state index < -0.39 is 0 Å². The first-order valence-electron chi connectivity index (χ1n) is 9.11. The van der Waals surface area contributed by atoms with Gasteiger partial charge in [-0.1, -0.05) is 60.1 Å². The van der Waals surface area contributed by atoms with Gasteiger partial charge in [-0.15, -0.1) is 0 Å². The first-order valence-corrected chi connectivity index (χ1v) is 10.9. The molecule has 0 saturated carbocycles. The van der Waals surface area contributed by atoms with E-state index in [-0.39, 0.29) is 0 Å². The van der Waals surface area contributed by atoms with Crippen LogP contribution in [0.4, 0.5) is 0 Å². The number of rotatable bonds is 7. The van der Waals surface area contributed by atoms with E-state index in [1.54, 1.807) is 7.11 Å². The predicted octanol–water partition coefficient (Wildman–Crippen LogP) is 5.93. The maximum Gasteiger partial charge on any atom is 0.159 e. The summed E-state index contributed by atoms with van der Waals surface area (Å²) < 4.78 is 5.21. The molecule has 0 bridgehead atoms. The molecule has 0 amide bonds. The number of thioether (sulfide) groups is 1. The minimum atomic E-state index is 0.487. The highest BCUT2D eigenvalue weighted by molar-refractivity contribution is 8.14. The van der Waals surface area contributed by atoms with Gasteiger partial charge in [-0.2, -0.15) is 0 Å². The van der Waals surface area contributed by atoms with Crippen molar-refractivity contribution in [1.82, 2.24) is 4.90 Å². The van der Waals surface area contributed by atoms with Gasteiger partial charge in [0.15, 0.2) is 5.17 Å². The largest absolute Gasteiger partial charge is 0.497 e. The fourth-order valence-corrected chi connectivity index (χ4v) is 4.86. The molecule has 0 radical (unpaired) electrons. The van der Waals surface area contributed by atoms with Gasteiger partial charge in [0, 0.05) is 34.9 Å². The summed E-state index contributed by atoms with van der Waals surface area (Å²) in [5, 5.41) is 2.49. The zero-order valence-electron chi connectivity index (χ0n) is 15.6. The third-order valence-corrected chi connectivity index (χ3v) is 6.49. The van der Waals surface area contributed by atoms with Crippen molar-refractivity contribution in [3.05, 3.63) is 63.6 Å². The minimum Gasteiger partial charge on any atom is -0.497 e. The molecule has 1 atom stereocenters. The van der Waals surface area contributed by atoms with Crippen LogP contribution in [-0.4, -0.2) is 35.5 Å². The molecule has 1 fully saturated rings. The summed E-state index contributed by atoms with van der Waals surface area (Å²) in [4.78, 5) is 7.27. The topological polar surface area (TPSA) is 24.8 Å². The molecule has 2 aromatic carbocycles. The molecule has 3 rings (SSSR count). The van der Waals surface area contributed by atoms with Gasteiger partial charge in [0.1, 0.15) is 5.75 Å². The summed E-state index contributed by atoms with van der Waals surface area (Å²) in [7, 11) is 1.68. The average molecular weight is 423 g/mol. The lowest BCUT2D eigenvalue weighted by atomic mass is 10.1. The molecule has 27 heavy (non-hydrogen) atoms. The van der Waals surface area contributed by atoms with E-state index >= 15 is 0 Å². The van der Waals surface area contributed by atoms with Gasteiger partial charge in [0.25, 0.3) is 0 Å². The zero-order chi connectivity index (χ0) is 19.2. The molecule has 1 heterocycles. The van der Waals surface area contributed by atoms with Gasteiger partial charge in [-0.3, -0.25) is 4.99 Å². The number of hydrogen-bond acceptors (Lipinski definition) is 3. The lowest BCUT2D eigenvalue weighted by molar-refractivity contribution is 0.334. The minimum absolute atomic E-state index is 0.487. The Kier molecular flexibility index (Phi) is 7.33. The molecular weight excluding hydrogens is 399 g/mol. The second-order valence-corrected chi connectivity index (χ2v) is 8.33. The molecule has 144 valence electrons. The van der Waals surface area contributed by atoms with Crippen molar-refractivity contribution < 1.29 is 4.74 Å². The fraction of sp³-hybridized carbons (Fsp3) is 0.381. The summed E-state index contributed by atoms with van der Waals surface area (Å²) in [6.45, 7) is 3.76. The van der Waals surface area contributed by atoms with E-state index in [1.165, 1.54) is 5.56 Å². The Morgan fingerprint density at radius 3 is 2.63 bits per heavy atom. The molecule has 0 spiro atoms. The number of aliphatic imine (C=N–C) groups is 1. The molecule has 6 heteroatoms. The van der Waals surface area contributed by atoms with Crippen LogP contribution in [0.2, 0.25) is 10.0 Å². The van der Waals surface area contributed by atoms with Crippen LogP contribution in [-0.2, 0) is 13.0 Å². The fourth-order valence-electron chi connectivity index (χ4n) is 3.08. The number of benzene rings is 2. The molecule has 0 aromatic heterocycles. The monoisotopic (exact) mass is 422 g/mol. The van der Waals surface area contributed by atoms with Gasteiger partial charge >= 0.3 is 0 Å². The SMILES string of the molecule is CC[C@H]1CSC(=NCCc2ccc(OC)cc2)N1Cc1ccc(Cl)cc1Cl. The highest BCUT2D eigenvalue weighted by atomic mass is 35.5. The Morgan fingerprint density at radius 2 is 1.96 bits per heavy atom. The quantitative estimate of drug-likeness (QED) is 0.552. The Balaban J connectivity index is 1.67. The Hall–Kier alpha value is -1.36. The summed E-state index contributed by atoms with van der Waals surface area (Å²) in [6, 6.07) is 14.4. The number of halogens is 2. The Labute approximate surface area is 175 Å². The van der Waals surface area contributed by atoms with Crippen LogP contribution in [0, 0.1) is 0 Å². The van der Waals surface area contributed by atoms with E-state index in [1.807, 2.05) is 42.1 Å². The van der Waals surface area contributed by atoms with Gasteiger partial charge < -0.3 is 9.64 Å². The molecule has 0 aliphatic carbocycles. The zero-order valence-corrected chi connectivity index (χ0v) is 17.9. The number of methoxy groups -OCH3 is 1. The van der Waals surface area contributed by atoms with Gasteiger partial charge in [-0.05, 0) is 48.2 Å². The van der Waals surface area contributed by atoms with Crippen LogP contribution in [0.15, 0.2) is 47.5 Å². The first-order chi connectivity index (χ1) is 13.1. The van der Waals surface area contributed by atoms with Crippen molar-refractivity contribution in [3.8, 4) is 5.75 Å². The van der Waals surface area contributed by atoms with Crippen LogP contribution < -0.4 is 4.74 Å². The highest BCUT2D eigenvalue weighted by Crippen LogP contribution is 2.30. The number of nitrogens with zero attached hydrogens (tertiary/aromatic N) is 2. The summed E-state index contributed by atoms with van der Waals surface area (Å²) in [6.07, 6.45) is 2.01. The van der Waals surface area contributed by atoms with E-state index in [0.717, 1.165) is 48.2 Å². The third kappa shape index (κ3) is 5.34. The highest BCUT2D eigenvalue weighted by Gasteiger charge is 2.29. The molecule has 3 nitrogen and oxygen atoms in total. The normalized spacial score (nSPS) is 18.3. The van der Waals surface area contributed by atoms with Crippen LogP contribution >= 0.6 is 35.0 Å². The van der Waals surface area contributed by atoms with Crippen molar-refractivity contribution in [2.24, 2.45) is 4.99 Å². The first kappa shape index (κ1) is 20.4. The maximum atomic E-state index is 6.39. The Morgan fingerprint density at radius 1 is 1.19 bits per heavy atom. The molecule has 1 aliphatic rings. The van der Waals surface area contributed by atoms with Gasteiger partial charge in [0.05, 0.1) is 7.11 Å². The summed E-state index contributed by atoms with van der Waals surface area (Å²) in [5.41, 5.74) is 2.35. The maximum absolute atomic E-state index is 6.39. The van der Waals surface area contributed by atoms with Crippen molar-refractivity contribution in [2.45, 2.75) is 32.4 Å². The number of amidine groups is 1. The smallest absolute Gasteiger partial charge is 0.159 e. The van der Waals surface area contributed by atoms with Crippen molar-refractivity contribution >= 4 is 40.1 Å². The lowest BCUT2D eigenvalue weighted by Crippen LogP contribution is -2.33. The molecule has 0 unspecified atom stereocenters. The lowest BCUT2D eigenvalue weighted by Gasteiger charge is -2.25. The van der Waals surface area contributed by atoms with Crippen LogP contribution in [0.3, 0.4) is 0 Å². The van der Waals surface area contributed by atoms with Gasteiger partial charge in [0.2, 0.25) is 0 Å². The van der Waals surface area contributed by atoms with Crippen LogP contribution in [0.5, 0.6) is 5.75 Å². The van der Waals surface area contributed by atoms with E-state index in [2.05, 4.69) is 24.0 Å². The summed E-state index contributed by atoms with van der Waals surface area (Å²) >= 11 is 14.3. The van der Waals surface area contributed by atoms with E-state index in [4.69, 9.17) is 32.9 Å². The van der Waals surface area contributed by atoms with Crippen LogP contribution in [0.25, 0.3) is 0 Å².